The first kappa shape index (κ1) is 14.0. The number of hydrogen-bond donors (Lipinski definition) is 0. The van der Waals surface area contributed by atoms with E-state index in [0.29, 0.717) is 5.88 Å². The zero-order valence-corrected chi connectivity index (χ0v) is 12.2. The van der Waals surface area contributed by atoms with Crippen LogP contribution in [0.2, 0.25) is 0 Å². The summed E-state index contributed by atoms with van der Waals surface area (Å²) in [6.45, 7) is 13.2. The van der Waals surface area contributed by atoms with Crippen molar-refractivity contribution in [2.24, 2.45) is 15.8 Å². The quantitative estimate of drug-likeness (QED) is 0.662. The van der Waals surface area contributed by atoms with Crippen molar-refractivity contribution in [1.82, 2.24) is 0 Å². The molecule has 0 aliphatic carbocycles. The minimum atomic E-state index is 0.0848. The van der Waals surface area contributed by atoms with Crippen LogP contribution in [0.5, 0.6) is 0 Å². The Bertz CT molecular complexity index is 373. The van der Waals surface area contributed by atoms with Gasteiger partial charge in [0.05, 0.1) is 7.11 Å². The fraction of sp³-hybridized carbons (Fsp3) is 0.667. The molecule has 2 nitrogen and oxygen atoms in total. The Morgan fingerprint density at radius 3 is 2.06 bits per heavy atom. The monoisotopic (exact) mass is 235 g/mol. The lowest BCUT2D eigenvalue weighted by atomic mass is 9.83. The third-order valence-electron chi connectivity index (χ3n) is 2.98. The van der Waals surface area contributed by atoms with Crippen molar-refractivity contribution in [1.29, 1.82) is 0 Å². The van der Waals surface area contributed by atoms with Crippen LogP contribution in [-0.4, -0.2) is 12.8 Å². The topological polar surface area (TPSA) is 21.6 Å². The van der Waals surface area contributed by atoms with Crippen LogP contribution in [0.25, 0.3) is 0 Å². The molecule has 0 unspecified atom stereocenters. The van der Waals surface area contributed by atoms with Gasteiger partial charge in [-0.05, 0) is 11.0 Å². The van der Waals surface area contributed by atoms with Gasteiger partial charge in [-0.3, -0.25) is 0 Å². The van der Waals surface area contributed by atoms with Crippen LogP contribution in [0.1, 0.15) is 48.0 Å². The number of hydrogen-bond acceptors (Lipinski definition) is 2. The number of aliphatic imine (C=N–C) groups is 1. The number of ether oxygens (including phenoxy) is 1. The first-order chi connectivity index (χ1) is 7.64. The minimum Gasteiger partial charge on any atom is -0.481 e. The summed E-state index contributed by atoms with van der Waals surface area (Å²) in [5.41, 5.74) is 2.68. The maximum Gasteiger partial charge on any atom is 0.213 e. The van der Waals surface area contributed by atoms with Crippen LogP contribution >= 0.6 is 0 Å². The SMILES string of the molecule is COC1=CC(C(C)(C)C)=CCC(C(C)(C)C)=N1. The fourth-order valence-corrected chi connectivity index (χ4v) is 1.71. The van der Waals surface area contributed by atoms with Gasteiger partial charge in [0.25, 0.3) is 0 Å². The lowest BCUT2D eigenvalue weighted by Crippen LogP contribution is -2.19. The van der Waals surface area contributed by atoms with Crippen molar-refractivity contribution < 1.29 is 4.74 Å². The Balaban J connectivity index is 3.14. The molecule has 17 heavy (non-hydrogen) atoms. The van der Waals surface area contributed by atoms with Gasteiger partial charge >= 0.3 is 0 Å². The molecule has 0 saturated heterocycles. The third kappa shape index (κ3) is 3.72. The molecule has 1 aliphatic rings. The Morgan fingerprint density at radius 1 is 1.06 bits per heavy atom. The van der Waals surface area contributed by atoms with E-state index < -0.39 is 0 Å². The molecule has 0 atom stereocenters. The van der Waals surface area contributed by atoms with Gasteiger partial charge in [0.1, 0.15) is 0 Å². The average Bonchev–Trinajstić information content (AvgIpc) is 2.37. The number of nitrogens with zero attached hydrogens (tertiary/aromatic N) is 1. The van der Waals surface area contributed by atoms with Crippen LogP contribution in [-0.2, 0) is 4.74 Å². The highest BCUT2D eigenvalue weighted by atomic mass is 16.5. The Hall–Kier alpha value is -1.05. The van der Waals surface area contributed by atoms with Crippen LogP contribution < -0.4 is 0 Å². The van der Waals surface area contributed by atoms with Gasteiger partial charge in [0, 0.05) is 23.6 Å². The van der Waals surface area contributed by atoms with Crippen molar-refractivity contribution >= 4 is 5.71 Å². The Labute approximate surface area is 105 Å². The average molecular weight is 235 g/mol. The highest BCUT2D eigenvalue weighted by Crippen LogP contribution is 2.31. The highest BCUT2D eigenvalue weighted by Gasteiger charge is 2.23. The third-order valence-corrected chi connectivity index (χ3v) is 2.98. The fourth-order valence-electron chi connectivity index (χ4n) is 1.71. The predicted molar refractivity (Wildman–Crippen MR) is 74.1 cm³/mol. The summed E-state index contributed by atoms with van der Waals surface area (Å²) in [5, 5.41) is 0. The standard InChI is InChI=1S/C15H25NO/c1-14(2,3)11-8-9-12(15(4,5)6)16-13(10-11)17-7/h8,10H,9H2,1-7H3. The molecule has 0 aromatic heterocycles. The van der Waals surface area contributed by atoms with Gasteiger partial charge in [0.2, 0.25) is 5.88 Å². The normalized spacial score (nSPS) is 17.9. The van der Waals surface area contributed by atoms with Gasteiger partial charge in [0.15, 0.2) is 0 Å². The maximum atomic E-state index is 5.35. The number of rotatable bonds is 1. The van der Waals surface area contributed by atoms with Gasteiger partial charge in [-0.2, -0.15) is 0 Å². The van der Waals surface area contributed by atoms with Gasteiger partial charge in [-0.1, -0.05) is 47.6 Å². The zero-order chi connectivity index (χ0) is 13.3. The molecular formula is C15H25NO. The van der Waals surface area contributed by atoms with Crippen LogP contribution in [0.3, 0.4) is 0 Å². The Kier molecular flexibility index (Phi) is 3.85. The molecule has 96 valence electrons. The molecule has 0 saturated carbocycles. The molecule has 1 rings (SSSR count). The molecule has 0 amide bonds. The summed E-state index contributed by atoms with van der Waals surface area (Å²) in [4.78, 5) is 4.63. The van der Waals surface area contributed by atoms with Crippen LogP contribution in [0.15, 0.2) is 28.6 Å². The van der Waals surface area contributed by atoms with E-state index in [2.05, 4.69) is 58.7 Å². The van der Waals surface area contributed by atoms with E-state index in [4.69, 9.17) is 4.74 Å². The maximum absolute atomic E-state index is 5.35. The second kappa shape index (κ2) is 4.67. The van der Waals surface area contributed by atoms with Crippen LogP contribution in [0, 0.1) is 10.8 Å². The highest BCUT2D eigenvalue weighted by molar-refractivity contribution is 5.91. The van der Waals surface area contributed by atoms with E-state index in [1.165, 1.54) is 11.3 Å². The molecule has 0 spiro atoms. The molecule has 2 heteroatoms. The first-order valence-corrected chi connectivity index (χ1v) is 6.19. The smallest absolute Gasteiger partial charge is 0.213 e. The molecule has 0 N–H and O–H groups in total. The van der Waals surface area contributed by atoms with Crippen molar-refractivity contribution in [2.75, 3.05) is 7.11 Å². The molecular weight excluding hydrogens is 210 g/mol. The van der Waals surface area contributed by atoms with E-state index in [9.17, 15) is 0 Å². The van der Waals surface area contributed by atoms with E-state index in [1.54, 1.807) is 7.11 Å². The molecule has 0 aromatic carbocycles. The molecule has 0 bridgehead atoms. The molecule has 0 radical (unpaired) electrons. The first-order valence-electron chi connectivity index (χ1n) is 6.19. The van der Waals surface area contributed by atoms with Gasteiger partial charge in [-0.25, -0.2) is 4.99 Å². The minimum absolute atomic E-state index is 0.0848. The summed E-state index contributed by atoms with van der Waals surface area (Å²) < 4.78 is 5.35. The molecule has 1 heterocycles. The lowest BCUT2D eigenvalue weighted by Gasteiger charge is -2.21. The second-order valence-corrected chi connectivity index (χ2v) is 6.61. The van der Waals surface area contributed by atoms with Gasteiger partial charge in [-0.15, -0.1) is 0 Å². The van der Waals surface area contributed by atoms with E-state index in [1.807, 2.05) is 0 Å². The Morgan fingerprint density at radius 2 is 1.65 bits per heavy atom. The summed E-state index contributed by atoms with van der Waals surface area (Å²) in [5.74, 6) is 0.716. The number of methoxy groups -OCH3 is 1. The van der Waals surface area contributed by atoms with Gasteiger partial charge < -0.3 is 4.74 Å². The summed E-state index contributed by atoms with van der Waals surface area (Å²) in [6, 6.07) is 0. The molecule has 0 fully saturated rings. The molecule has 1 aliphatic heterocycles. The second-order valence-electron chi connectivity index (χ2n) is 6.61. The zero-order valence-electron chi connectivity index (χ0n) is 12.2. The van der Waals surface area contributed by atoms with Crippen molar-refractivity contribution in [3.05, 3.63) is 23.6 Å². The van der Waals surface area contributed by atoms with Crippen molar-refractivity contribution in [3.8, 4) is 0 Å². The van der Waals surface area contributed by atoms with Crippen molar-refractivity contribution in [3.63, 3.8) is 0 Å². The predicted octanol–water partition coefficient (Wildman–Crippen LogP) is 4.34. The summed E-state index contributed by atoms with van der Waals surface area (Å²) in [6.07, 6.45) is 5.23. The van der Waals surface area contributed by atoms with Crippen molar-refractivity contribution in [2.45, 2.75) is 48.0 Å². The van der Waals surface area contributed by atoms with E-state index >= 15 is 0 Å². The van der Waals surface area contributed by atoms with Crippen LogP contribution in [0.4, 0.5) is 0 Å². The number of allylic oxidation sites excluding steroid dienone is 3. The summed E-state index contributed by atoms with van der Waals surface area (Å²) in [7, 11) is 1.68. The largest absolute Gasteiger partial charge is 0.481 e. The lowest BCUT2D eigenvalue weighted by molar-refractivity contribution is 0.286. The van der Waals surface area contributed by atoms with E-state index in [0.717, 1.165) is 6.42 Å². The molecule has 0 aromatic rings. The van der Waals surface area contributed by atoms with E-state index in [-0.39, 0.29) is 10.8 Å². The summed E-state index contributed by atoms with van der Waals surface area (Å²) >= 11 is 0.